The smallest absolute Gasteiger partial charge is 0.185 e. The Morgan fingerprint density at radius 3 is 2.55 bits per heavy atom. The summed E-state index contributed by atoms with van der Waals surface area (Å²) in [6.45, 7) is 5.22. The fourth-order valence-corrected chi connectivity index (χ4v) is 0.852. The Kier molecular flexibility index (Phi) is 5.61. The van der Waals surface area contributed by atoms with Crippen molar-refractivity contribution in [3.8, 4) is 0 Å². The Labute approximate surface area is 68.9 Å². The molecule has 0 spiro atoms. The van der Waals surface area contributed by atoms with E-state index < -0.39 is 0 Å². The fraction of sp³-hybridized carbons (Fsp3) is 0.875. The van der Waals surface area contributed by atoms with Crippen LogP contribution in [0.4, 0.5) is 0 Å². The molecule has 0 aliphatic carbocycles. The summed E-state index contributed by atoms with van der Waals surface area (Å²) in [6.07, 6.45) is 3.54. The summed E-state index contributed by atoms with van der Waals surface area (Å²) < 4.78 is 0. The Hall–Kier alpha value is -0.730. The van der Waals surface area contributed by atoms with Crippen molar-refractivity contribution in [3.63, 3.8) is 0 Å². The summed E-state index contributed by atoms with van der Waals surface area (Å²) in [7, 11) is 0. The molecule has 66 valence electrons. The first-order chi connectivity index (χ1) is 5.16. The molecule has 3 nitrogen and oxygen atoms in total. The summed E-state index contributed by atoms with van der Waals surface area (Å²) in [4.78, 5) is 3.90. The van der Waals surface area contributed by atoms with Gasteiger partial charge in [0.1, 0.15) is 0 Å². The molecule has 0 aliphatic heterocycles. The zero-order valence-corrected chi connectivity index (χ0v) is 7.51. The van der Waals surface area contributed by atoms with Gasteiger partial charge in [0.25, 0.3) is 0 Å². The first-order valence-corrected chi connectivity index (χ1v) is 4.22. The number of hydrogen-bond acceptors (Lipinski definition) is 1. The van der Waals surface area contributed by atoms with Gasteiger partial charge in [0.2, 0.25) is 0 Å². The van der Waals surface area contributed by atoms with E-state index in [1.165, 1.54) is 12.8 Å². The molecule has 0 fully saturated rings. The number of nitrogens with two attached hydrogens (primary N) is 2. The maximum absolute atomic E-state index is 5.17. The second kappa shape index (κ2) is 6.01. The number of rotatable bonds is 5. The van der Waals surface area contributed by atoms with E-state index in [1.54, 1.807) is 0 Å². The van der Waals surface area contributed by atoms with Gasteiger partial charge in [0.15, 0.2) is 5.96 Å². The summed E-state index contributed by atoms with van der Waals surface area (Å²) in [5.41, 5.74) is 10.3. The molecular weight excluding hydrogens is 138 g/mol. The van der Waals surface area contributed by atoms with E-state index in [-0.39, 0.29) is 5.96 Å². The highest BCUT2D eigenvalue weighted by Crippen LogP contribution is 2.08. The average molecular weight is 157 g/mol. The molecule has 0 aromatic carbocycles. The molecule has 0 aliphatic rings. The number of guanidine groups is 1. The minimum Gasteiger partial charge on any atom is -0.370 e. The van der Waals surface area contributed by atoms with E-state index in [4.69, 9.17) is 11.5 Å². The van der Waals surface area contributed by atoms with Crippen LogP contribution in [0.3, 0.4) is 0 Å². The molecule has 1 atom stereocenters. The van der Waals surface area contributed by atoms with E-state index in [0.717, 1.165) is 18.9 Å². The highest BCUT2D eigenvalue weighted by Gasteiger charge is 1.96. The van der Waals surface area contributed by atoms with Crippen LogP contribution < -0.4 is 11.5 Å². The summed E-state index contributed by atoms with van der Waals surface area (Å²) in [5.74, 6) is 0.998. The lowest BCUT2D eigenvalue weighted by molar-refractivity contribution is 0.500. The lowest BCUT2D eigenvalue weighted by atomic mass is 10.0. The van der Waals surface area contributed by atoms with Crippen LogP contribution >= 0.6 is 0 Å². The van der Waals surface area contributed by atoms with E-state index in [1.807, 2.05) is 0 Å². The maximum Gasteiger partial charge on any atom is 0.185 e. The van der Waals surface area contributed by atoms with Crippen molar-refractivity contribution >= 4 is 5.96 Å². The van der Waals surface area contributed by atoms with Crippen molar-refractivity contribution in [3.05, 3.63) is 0 Å². The van der Waals surface area contributed by atoms with Crippen molar-refractivity contribution in [2.45, 2.75) is 33.1 Å². The number of hydrogen-bond donors (Lipinski definition) is 2. The van der Waals surface area contributed by atoms with Crippen LogP contribution in [-0.2, 0) is 0 Å². The van der Waals surface area contributed by atoms with E-state index >= 15 is 0 Å². The van der Waals surface area contributed by atoms with Gasteiger partial charge in [-0.25, -0.2) is 0 Å². The number of aliphatic imine (C=N–C) groups is 1. The predicted octanol–water partition coefficient (Wildman–Crippen LogP) is 1.09. The van der Waals surface area contributed by atoms with Gasteiger partial charge in [-0.15, -0.1) is 0 Å². The Balaban J connectivity index is 3.21. The molecule has 0 heterocycles. The first-order valence-electron chi connectivity index (χ1n) is 4.22. The van der Waals surface area contributed by atoms with Crippen LogP contribution in [0.1, 0.15) is 33.1 Å². The average Bonchev–Trinajstić information content (AvgIpc) is 1.97. The molecule has 0 saturated heterocycles. The van der Waals surface area contributed by atoms with Gasteiger partial charge in [0, 0.05) is 6.54 Å². The zero-order valence-electron chi connectivity index (χ0n) is 7.51. The van der Waals surface area contributed by atoms with Crippen LogP contribution in [0, 0.1) is 5.92 Å². The van der Waals surface area contributed by atoms with Crippen LogP contribution in [0.15, 0.2) is 4.99 Å². The lowest BCUT2D eigenvalue weighted by Crippen LogP contribution is -2.23. The topological polar surface area (TPSA) is 64.4 Å². The predicted molar refractivity (Wildman–Crippen MR) is 49.4 cm³/mol. The standard InChI is InChI=1S/C8H19N3/c1-3-7(2)5-4-6-11-8(9)10/h7H,3-6H2,1-2H3,(H4,9,10,11)/t7-/m1/s1. The molecule has 0 amide bonds. The molecule has 0 bridgehead atoms. The maximum atomic E-state index is 5.17. The summed E-state index contributed by atoms with van der Waals surface area (Å²) in [6, 6.07) is 0. The monoisotopic (exact) mass is 157 g/mol. The zero-order chi connectivity index (χ0) is 8.69. The van der Waals surface area contributed by atoms with Gasteiger partial charge in [-0.3, -0.25) is 4.99 Å². The Bertz CT molecular complexity index is 117. The molecule has 0 aromatic heterocycles. The SMILES string of the molecule is CC[C@@H](C)CCCN=C(N)N. The fourth-order valence-electron chi connectivity index (χ4n) is 0.852. The molecule has 11 heavy (non-hydrogen) atoms. The highest BCUT2D eigenvalue weighted by molar-refractivity contribution is 5.75. The van der Waals surface area contributed by atoms with Crippen molar-refractivity contribution in [2.24, 2.45) is 22.4 Å². The molecule has 0 radical (unpaired) electrons. The Morgan fingerprint density at radius 2 is 2.09 bits per heavy atom. The van der Waals surface area contributed by atoms with Gasteiger partial charge >= 0.3 is 0 Å². The van der Waals surface area contributed by atoms with Crippen LogP contribution in [-0.4, -0.2) is 12.5 Å². The second-order valence-electron chi connectivity index (χ2n) is 2.96. The van der Waals surface area contributed by atoms with E-state index in [9.17, 15) is 0 Å². The van der Waals surface area contributed by atoms with E-state index in [0.29, 0.717) is 0 Å². The Morgan fingerprint density at radius 1 is 1.45 bits per heavy atom. The quantitative estimate of drug-likeness (QED) is 0.356. The van der Waals surface area contributed by atoms with Crippen LogP contribution in [0.5, 0.6) is 0 Å². The van der Waals surface area contributed by atoms with Crippen molar-refractivity contribution in [1.29, 1.82) is 0 Å². The van der Waals surface area contributed by atoms with Crippen molar-refractivity contribution in [1.82, 2.24) is 0 Å². The molecule has 0 unspecified atom stereocenters. The van der Waals surface area contributed by atoms with Crippen molar-refractivity contribution < 1.29 is 0 Å². The molecular formula is C8H19N3. The number of nitrogens with zero attached hydrogens (tertiary/aromatic N) is 1. The van der Waals surface area contributed by atoms with Crippen LogP contribution in [0.2, 0.25) is 0 Å². The first kappa shape index (κ1) is 10.3. The molecule has 3 heteroatoms. The van der Waals surface area contributed by atoms with Gasteiger partial charge in [0.05, 0.1) is 0 Å². The molecule has 0 saturated carbocycles. The third-order valence-corrected chi connectivity index (χ3v) is 1.85. The largest absolute Gasteiger partial charge is 0.370 e. The summed E-state index contributed by atoms with van der Waals surface area (Å²) >= 11 is 0. The van der Waals surface area contributed by atoms with Gasteiger partial charge in [-0.2, -0.15) is 0 Å². The van der Waals surface area contributed by atoms with Crippen LogP contribution in [0.25, 0.3) is 0 Å². The third kappa shape index (κ3) is 7.16. The minimum absolute atomic E-state index is 0.203. The second-order valence-corrected chi connectivity index (χ2v) is 2.96. The van der Waals surface area contributed by atoms with Gasteiger partial charge in [-0.1, -0.05) is 20.3 Å². The van der Waals surface area contributed by atoms with E-state index in [2.05, 4.69) is 18.8 Å². The third-order valence-electron chi connectivity index (χ3n) is 1.85. The molecule has 0 aromatic rings. The highest BCUT2D eigenvalue weighted by atomic mass is 15.0. The van der Waals surface area contributed by atoms with Gasteiger partial charge in [-0.05, 0) is 18.8 Å². The molecule has 0 rings (SSSR count). The molecule has 4 N–H and O–H groups in total. The van der Waals surface area contributed by atoms with Gasteiger partial charge < -0.3 is 11.5 Å². The summed E-state index contributed by atoms with van der Waals surface area (Å²) in [5, 5.41) is 0. The lowest BCUT2D eigenvalue weighted by Gasteiger charge is -2.05. The minimum atomic E-state index is 0.203. The van der Waals surface area contributed by atoms with Crippen molar-refractivity contribution in [2.75, 3.05) is 6.54 Å². The normalized spacial score (nSPS) is 12.5.